The third-order valence-corrected chi connectivity index (χ3v) is 16.0. The molecule has 5 unspecified atom stereocenters. The van der Waals surface area contributed by atoms with E-state index >= 15 is 0 Å². The van der Waals surface area contributed by atoms with Gasteiger partial charge in [-0.25, -0.2) is 19.8 Å². The summed E-state index contributed by atoms with van der Waals surface area (Å²) in [7, 11) is 1.46. The summed E-state index contributed by atoms with van der Waals surface area (Å²) >= 11 is 0. The molecule has 1 aromatic heterocycles. The highest BCUT2D eigenvalue weighted by molar-refractivity contribution is 5.97. The summed E-state index contributed by atoms with van der Waals surface area (Å²) in [6.45, 7) is 16.1. The molecule has 17 heteroatoms. The predicted molar refractivity (Wildman–Crippen MR) is 263 cm³/mol. The SMILES string of the molecule is CC(C)C(=O)CCC(C)[C@H]1CCC2C3C(C[C@H](O)[C@@]21C)[C@@]1(C)CC[C@@H](O)C[C@H]1C[C@H]3O.CC=O.CNC(=O)c1nc(CNc2ccc(C(=O)NC(CCC(=O)C(C)C)C(=O)O)cc2)cnc1N=CN. The van der Waals surface area contributed by atoms with Crippen molar-refractivity contribution in [3.63, 3.8) is 0 Å². The van der Waals surface area contributed by atoms with Crippen molar-refractivity contribution in [2.75, 3.05) is 12.4 Å². The number of carbonyl (C=O) groups excluding carboxylic acids is 5. The van der Waals surface area contributed by atoms with Gasteiger partial charge in [0.2, 0.25) is 0 Å². The first-order valence-corrected chi connectivity index (χ1v) is 24.8. The lowest BCUT2D eigenvalue weighted by atomic mass is 9.43. The zero-order chi connectivity index (χ0) is 51.4. The van der Waals surface area contributed by atoms with Crippen molar-refractivity contribution < 1.29 is 49.2 Å². The molecular weight excluding hydrogens is 883 g/mol. The summed E-state index contributed by atoms with van der Waals surface area (Å²) in [6.07, 6.45) is 10.4. The molecule has 69 heavy (non-hydrogen) atoms. The molecule has 1 aromatic carbocycles. The molecule has 4 aliphatic rings. The van der Waals surface area contributed by atoms with E-state index in [1.54, 1.807) is 26.0 Å². The maximum absolute atomic E-state index is 12.5. The number of carboxylic acid groups (broad SMARTS) is 1. The first kappa shape index (κ1) is 56.5. The van der Waals surface area contributed by atoms with Crippen molar-refractivity contribution >= 4 is 53.5 Å². The van der Waals surface area contributed by atoms with E-state index in [1.807, 2.05) is 13.8 Å². The average Bonchev–Trinajstić information content (AvgIpc) is 3.68. The van der Waals surface area contributed by atoms with Gasteiger partial charge in [-0.05, 0) is 135 Å². The number of aliphatic hydroxyl groups is 3. The van der Waals surface area contributed by atoms with Crippen LogP contribution in [-0.2, 0) is 25.7 Å². The predicted octanol–water partition coefficient (Wildman–Crippen LogP) is 6.05. The van der Waals surface area contributed by atoms with E-state index in [2.05, 4.69) is 51.7 Å². The molecule has 382 valence electrons. The molecule has 2 aromatic rings. The van der Waals surface area contributed by atoms with Crippen molar-refractivity contribution in [2.24, 2.45) is 68.9 Å². The number of rotatable bonds is 17. The summed E-state index contributed by atoms with van der Waals surface area (Å²) in [6, 6.07) is 5.20. The number of aliphatic carboxylic acids is 1. The maximum Gasteiger partial charge on any atom is 0.326 e. The van der Waals surface area contributed by atoms with E-state index in [-0.39, 0.29) is 89.1 Å². The van der Waals surface area contributed by atoms with Gasteiger partial charge in [0.1, 0.15) is 23.9 Å². The second-order valence-electron chi connectivity index (χ2n) is 20.7. The Labute approximate surface area is 407 Å². The smallest absolute Gasteiger partial charge is 0.326 e. The highest BCUT2D eigenvalue weighted by atomic mass is 16.4. The van der Waals surface area contributed by atoms with Crippen molar-refractivity contribution in [1.29, 1.82) is 0 Å². The van der Waals surface area contributed by atoms with Crippen LogP contribution < -0.4 is 21.7 Å². The number of aliphatic imine (C=N–C) groups is 1. The lowest BCUT2D eigenvalue weighted by molar-refractivity contribution is -0.207. The molecule has 0 radical (unpaired) electrons. The van der Waals surface area contributed by atoms with Gasteiger partial charge in [-0.2, -0.15) is 0 Å². The number of hydrogen-bond donors (Lipinski definition) is 8. The van der Waals surface area contributed by atoms with Crippen LogP contribution in [0.15, 0.2) is 35.5 Å². The van der Waals surface area contributed by atoms with E-state index in [0.29, 0.717) is 53.2 Å². The van der Waals surface area contributed by atoms with Crippen LogP contribution in [0.25, 0.3) is 0 Å². The first-order chi connectivity index (χ1) is 32.6. The minimum atomic E-state index is -1.20. The van der Waals surface area contributed by atoms with Crippen LogP contribution in [0, 0.1) is 58.2 Å². The molecule has 2 amide bonds. The quantitative estimate of drug-likeness (QED) is 0.0509. The highest BCUT2D eigenvalue weighted by Gasteiger charge is 2.65. The Morgan fingerprint density at radius 1 is 0.884 bits per heavy atom. The second-order valence-corrected chi connectivity index (χ2v) is 20.7. The molecule has 1 heterocycles. The van der Waals surface area contributed by atoms with Gasteiger partial charge in [-0.3, -0.25) is 19.2 Å². The molecule has 4 aliphatic carbocycles. The van der Waals surface area contributed by atoms with Gasteiger partial charge in [-0.15, -0.1) is 0 Å². The number of aldehydes is 1. The Balaban J connectivity index is 0.000000286. The summed E-state index contributed by atoms with van der Waals surface area (Å²) in [5, 5.41) is 50.6. The van der Waals surface area contributed by atoms with Crippen molar-refractivity contribution in [3.05, 3.63) is 47.4 Å². The number of ketones is 2. The molecular formula is C52H79N7O10. The molecule has 4 saturated carbocycles. The van der Waals surface area contributed by atoms with Gasteiger partial charge in [0, 0.05) is 43.0 Å². The minimum Gasteiger partial charge on any atom is -0.480 e. The summed E-state index contributed by atoms with van der Waals surface area (Å²) in [5.41, 5.74) is 6.67. The summed E-state index contributed by atoms with van der Waals surface area (Å²) in [4.78, 5) is 81.0. The van der Waals surface area contributed by atoms with Crippen LogP contribution in [0.4, 0.5) is 11.5 Å². The Kier molecular flexibility index (Phi) is 20.6. The van der Waals surface area contributed by atoms with Crippen LogP contribution in [0.1, 0.15) is 153 Å². The van der Waals surface area contributed by atoms with Gasteiger partial charge >= 0.3 is 5.97 Å². The number of nitrogens with zero attached hydrogens (tertiary/aromatic N) is 3. The standard InChI is InChI=1S/C27H46O4.C23H29N7O5.C2H4O/c1-15(2)22(29)9-6-16(3)19-7-8-20-25-21(14-24(31)27(19,20)5)26(4)11-10-18(28)12-17(26)13-23(25)30;1-13(2)18(31)9-8-17(23(34)35)30-21(32)14-4-6-15(7-5-14)26-10-16-11-27-20(28-12-24)19(29-16)22(33)25-3;1-2-3/h15-21,23-25,28,30-31H,6-14H2,1-5H3;4-7,11-13,17,26H,8-10H2,1-3H3,(H,25,33)(H,30,32)(H,34,35)(H2,24,27,28);2H,1H3/t16?,17-,18+,19+,20?,21?,23+,24-,25?,26-,27+;;/m0../s1. The number of aliphatic hydroxyl groups excluding tert-OH is 3. The number of amides is 2. The Morgan fingerprint density at radius 2 is 1.51 bits per heavy atom. The Morgan fingerprint density at radius 3 is 2.09 bits per heavy atom. The number of benzene rings is 1. The van der Waals surface area contributed by atoms with Gasteiger partial charge in [0.15, 0.2) is 11.5 Å². The van der Waals surface area contributed by atoms with Gasteiger partial charge < -0.3 is 46.9 Å². The van der Waals surface area contributed by atoms with E-state index in [9.17, 15) is 44.4 Å². The monoisotopic (exact) mass is 962 g/mol. The number of nitrogens with two attached hydrogens (primary N) is 1. The van der Waals surface area contributed by atoms with E-state index < -0.39 is 23.8 Å². The van der Waals surface area contributed by atoms with E-state index in [4.69, 9.17) is 10.5 Å². The minimum absolute atomic E-state index is 0.0200. The average molecular weight is 962 g/mol. The summed E-state index contributed by atoms with van der Waals surface area (Å²) in [5.74, 6) is 0.228. The van der Waals surface area contributed by atoms with Crippen molar-refractivity contribution in [3.8, 4) is 0 Å². The fourth-order valence-corrected chi connectivity index (χ4v) is 11.9. The zero-order valence-corrected chi connectivity index (χ0v) is 42.1. The molecule has 17 nitrogen and oxygen atoms in total. The molecule has 0 aliphatic heterocycles. The third-order valence-electron chi connectivity index (χ3n) is 16.0. The number of carboxylic acids is 1. The van der Waals surface area contributed by atoms with Crippen LogP contribution in [0.2, 0.25) is 0 Å². The number of aromatic nitrogens is 2. The van der Waals surface area contributed by atoms with Crippen LogP contribution >= 0.6 is 0 Å². The molecule has 4 fully saturated rings. The molecule has 0 saturated heterocycles. The fraction of sp³-hybridized carbons (Fsp3) is 0.673. The van der Waals surface area contributed by atoms with Crippen LogP contribution in [-0.4, -0.2) is 104 Å². The Bertz CT molecular complexity index is 2120. The molecule has 0 bridgehead atoms. The summed E-state index contributed by atoms with van der Waals surface area (Å²) < 4.78 is 0. The largest absolute Gasteiger partial charge is 0.480 e. The number of nitrogens with one attached hydrogen (secondary N) is 3. The number of anilines is 1. The van der Waals surface area contributed by atoms with E-state index in [1.165, 1.54) is 32.3 Å². The van der Waals surface area contributed by atoms with Gasteiger partial charge in [0.25, 0.3) is 11.8 Å². The third kappa shape index (κ3) is 13.6. The van der Waals surface area contributed by atoms with Crippen LogP contribution in [0.5, 0.6) is 0 Å². The highest BCUT2D eigenvalue weighted by Crippen LogP contribution is 2.68. The van der Waals surface area contributed by atoms with Crippen molar-refractivity contribution in [1.82, 2.24) is 20.6 Å². The van der Waals surface area contributed by atoms with Gasteiger partial charge in [0.05, 0.1) is 43.1 Å². The lowest BCUT2D eigenvalue weighted by Crippen LogP contribution is -2.62. The first-order valence-electron chi connectivity index (χ1n) is 24.8. The normalized spacial score (nSPS) is 28.8. The van der Waals surface area contributed by atoms with Crippen LogP contribution in [0.3, 0.4) is 0 Å². The fourth-order valence-electron chi connectivity index (χ4n) is 11.9. The molecule has 6 rings (SSSR count). The molecule has 0 spiro atoms. The molecule has 12 atom stereocenters. The zero-order valence-electron chi connectivity index (χ0n) is 42.1. The number of hydrogen-bond acceptors (Lipinski definition) is 13. The lowest BCUT2D eigenvalue weighted by Gasteiger charge is -2.63. The Hall–Kier alpha value is -5.13. The number of Topliss-reactive ketones (excluding diaryl/α,β-unsaturated/α-hetero) is 2. The number of fused-ring (bicyclic) bond motifs is 5. The van der Waals surface area contributed by atoms with E-state index in [0.717, 1.165) is 64.0 Å². The number of carbonyl (C=O) groups is 6. The maximum atomic E-state index is 12.5. The van der Waals surface area contributed by atoms with Gasteiger partial charge in [-0.1, -0.05) is 48.5 Å². The van der Waals surface area contributed by atoms with Crippen molar-refractivity contribution in [2.45, 2.75) is 157 Å². The second kappa shape index (κ2) is 25.1. The molecule has 9 N–H and O–H groups in total. The topological polar surface area (TPSA) is 284 Å².